The molecule has 2 aromatic carbocycles. The summed E-state index contributed by atoms with van der Waals surface area (Å²) in [5, 5.41) is 5.61. The van der Waals surface area contributed by atoms with Crippen LogP contribution in [0.4, 0.5) is 11.4 Å². The number of amides is 2. The van der Waals surface area contributed by atoms with Gasteiger partial charge in [0.2, 0.25) is 0 Å². The molecule has 5 heteroatoms. The SMILES string of the molecule is Cc1cc(C)cc(C(=O)Nc2ccc3c(c2)NC(=O)C(C)O3)c1. The van der Waals surface area contributed by atoms with Crippen molar-refractivity contribution in [3.63, 3.8) is 0 Å². The Bertz CT molecular complexity index is 779. The van der Waals surface area contributed by atoms with Gasteiger partial charge in [0, 0.05) is 11.3 Å². The Morgan fingerprint density at radius 3 is 2.52 bits per heavy atom. The molecule has 2 aromatic rings. The van der Waals surface area contributed by atoms with Gasteiger partial charge in [-0.15, -0.1) is 0 Å². The van der Waals surface area contributed by atoms with Crippen LogP contribution in [-0.2, 0) is 4.79 Å². The third-order valence-corrected chi connectivity index (χ3v) is 3.65. The van der Waals surface area contributed by atoms with E-state index in [2.05, 4.69) is 10.6 Å². The van der Waals surface area contributed by atoms with Gasteiger partial charge in [-0.05, 0) is 51.1 Å². The van der Waals surface area contributed by atoms with Gasteiger partial charge in [-0.25, -0.2) is 0 Å². The molecule has 0 radical (unpaired) electrons. The Morgan fingerprint density at radius 2 is 1.83 bits per heavy atom. The number of carbonyl (C=O) groups is 2. The van der Waals surface area contributed by atoms with Gasteiger partial charge in [0.25, 0.3) is 11.8 Å². The average Bonchev–Trinajstić information content (AvgIpc) is 2.47. The van der Waals surface area contributed by atoms with Crippen molar-refractivity contribution in [1.82, 2.24) is 0 Å². The van der Waals surface area contributed by atoms with E-state index in [9.17, 15) is 9.59 Å². The molecule has 2 amide bonds. The summed E-state index contributed by atoms with van der Waals surface area (Å²) in [6, 6.07) is 10.9. The second-order valence-corrected chi connectivity index (χ2v) is 5.79. The first kappa shape index (κ1) is 15.1. The van der Waals surface area contributed by atoms with E-state index in [4.69, 9.17) is 4.74 Å². The lowest BCUT2D eigenvalue weighted by molar-refractivity contribution is -0.122. The zero-order chi connectivity index (χ0) is 16.6. The Balaban J connectivity index is 1.82. The highest BCUT2D eigenvalue weighted by Crippen LogP contribution is 2.32. The maximum absolute atomic E-state index is 12.4. The summed E-state index contributed by atoms with van der Waals surface area (Å²) in [6.45, 7) is 5.60. The molecule has 0 saturated heterocycles. The standard InChI is InChI=1S/C18H18N2O3/c1-10-6-11(2)8-13(7-10)18(22)19-14-4-5-16-15(9-14)20-17(21)12(3)23-16/h4-9,12H,1-3H3,(H,19,22)(H,20,21). The fourth-order valence-electron chi connectivity index (χ4n) is 2.60. The number of benzene rings is 2. The van der Waals surface area contributed by atoms with E-state index in [0.717, 1.165) is 11.1 Å². The molecule has 1 unspecified atom stereocenters. The third-order valence-electron chi connectivity index (χ3n) is 3.65. The fourth-order valence-corrected chi connectivity index (χ4v) is 2.60. The first-order valence-corrected chi connectivity index (χ1v) is 7.43. The number of carbonyl (C=O) groups excluding carboxylic acids is 2. The Morgan fingerprint density at radius 1 is 1.13 bits per heavy atom. The lowest BCUT2D eigenvalue weighted by atomic mass is 10.1. The predicted octanol–water partition coefficient (Wildman–Crippen LogP) is 3.28. The summed E-state index contributed by atoms with van der Waals surface area (Å²) in [4.78, 5) is 24.0. The number of nitrogens with one attached hydrogen (secondary N) is 2. The molecule has 0 spiro atoms. The van der Waals surface area contributed by atoms with Crippen molar-refractivity contribution in [2.24, 2.45) is 0 Å². The zero-order valence-corrected chi connectivity index (χ0v) is 13.3. The molecule has 0 aliphatic carbocycles. The minimum absolute atomic E-state index is 0.187. The molecule has 23 heavy (non-hydrogen) atoms. The summed E-state index contributed by atoms with van der Waals surface area (Å²) in [5.74, 6) is 0.213. The predicted molar refractivity (Wildman–Crippen MR) is 89.0 cm³/mol. The summed E-state index contributed by atoms with van der Waals surface area (Å²) < 4.78 is 5.50. The number of aryl methyl sites for hydroxylation is 2. The number of fused-ring (bicyclic) bond motifs is 1. The number of anilines is 2. The quantitative estimate of drug-likeness (QED) is 0.894. The average molecular weight is 310 g/mol. The minimum atomic E-state index is -0.516. The van der Waals surface area contributed by atoms with Crippen molar-refractivity contribution >= 4 is 23.2 Å². The van der Waals surface area contributed by atoms with Crippen molar-refractivity contribution in [3.05, 3.63) is 53.1 Å². The Hall–Kier alpha value is -2.82. The van der Waals surface area contributed by atoms with Gasteiger partial charge >= 0.3 is 0 Å². The van der Waals surface area contributed by atoms with Crippen LogP contribution in [0.15, 0.2) is 36.4 Å². The zero-order valence-electron chi connectivity index (χ0n) is 13.3. The van der Waals surface area contributed by atoms with Crippen LogP contribution in [0.3, 0.4) is 0 Å². The highest BCUT2D eigenvalue weighted by molar-refractivity contribution is 6.05. The molecule has 0 bridgehead atoms. The van der Waals surface area contributed by atoms with Gasteiger partial charge in [-0.1, -0.05) is 17.2 Å². The molecule has 0 saturated carbocycles. The van der Waals surface area contributed by atoms with E-state index in [1.807, 2.05) is 32.0 Å². The first-order chi connectivity index (χ1) is 10.9. The second-order valence-electron chi connectivity index (χ2n) is 5.79. The molecule has 2 N–H and O–H groups in total. The van der Waals surface area contributed by atoms with Gasteiger partial charge in [0.05, 0.1) is 5.69 Å². The molecule has 0 aromatic heterocycles. The summed E-state index contributed by atoms with van der Waals surface area (Å²) >= 11 is 0. The second kappa shape index (κ2) is 5.76. The molecule has 5 nitrogen and oxygen atoms in total. The number of hydrogen-bond donors (Lipinski definition) is 2. The Kier molecular flexibility index (Phi) is 3.78. The van der Waals surface area contributed by atoms with E-state index < -0.39 is 6.10 Å². The van der Waals surface area contributed by atoms with Crippen molar-refractivity contribution < 1.29 is 14.3 Å². The van der Waals surface area contributed by atoms with Crippen LogP contribution in [-0.4, -0.2) is 17.9 Å². The molecule has 1 heterocycles. The lowest BCUT2D eigenvalue weighted by Crippen LogP contribution is -2.34. The molecule has 1 aliphatic rings. The first-order valence-electron chi connectivity index (χ1n) is 7.43. The van der Waals surface area contributed by atoms with Crippen molar-refractivity contribution in [1.29, 1.82) is 0 Å². The monoisotopic (exact) mass is 310 g/mol. The van der Waals surface area contributed by atoms with E-state index in [0.29, 0.717) is 22.7 Å². The molecule has 1 atom stereocenters. The van der Waals surface area contributed by atoms with Crippen molar-refractivity contribution in [2.45, 2.75) is 26.9 Å². The number of hydrogen-bond acceptors (Lipinski definition) is 3. The van der Waals surface area contributed by atoms with Gasteiger partial charge in [0.1, 0.15) is 5.75 Å². The molecular formula is C18H18N2O3. The van der Waals surface area contributed by atoms with Crippen molar-refractivity contribution in [2.75, 3.05) is 10.6 Å². The third kappa shape index (κ3) is 3.18. The Labute approximate surface area is 134 Å². The lowest BCUT2D eigenvalue weighted by Gasteiger charge is -2.23. The van der Waals surface area contributed by atoms with Gasteiger partial charge in [0.15, 0.2) is 6.10 Å². The highest BCUT2D eigenvalue weighted by Gasteiger charge is 2.23. The minimum Gasteiger partial charge on any atom is -0.479 e. The normalized spacial score (nSPS) is 16.1. The maximum Gasteiger partial charge on any atom is 0.265 e. The number of rotatable bonds is 2. The van der Waals surface area contributed by atoms with E-state index >= 15 is 0 Å². The number of ether oxygens (including phenoxy) is 1. The highest BCUT2D eigenvalue weighted by atomic mass is 16.5. The van der Waals surface area contributed by atoms with E-state index in [-0.39, 0.29) is 11.8 Å². The smallest absolute Gasteiger partial charge is 0.265 e. The molecular weight excluding hydrogens is 292 g/mol. The summed E-state index contributed by atoms with van der Waals surface area (Å²) in [7, 11) is 0. The van der Waals surface area contributed by atoms with E-state index in [1.54, 1.807) is 25.1 Å². The fraction of sp³-hybridized carbons (Fsp3) is 0.222. The van der Waals surface area contributed by atoms with E-state index in [1.165, 1.54) is 0 Å². The van der Waals surface area contributed by atoms with Crippen LogP contribution in [0.2, 0.25) is 0 Å². The van der Waals surface area contributed by atoms with Crippen LogP contribution in [0.5, 0.6) is 5.75 Å². The van der Waals surface area contributed by atoms with Crippen LogP contribution in [0, 0.1) is 13.8 Å². The summed E-state index contributed by atoms with van der Waals surface area (Å²) in [6.07, 6.45) is -0.516. The van der Waals surface area contributed by atoms with Crippen LogP contribution >= 0.6 is 0 Å². The van der Waals surface area contributed by atoms with Gasteiger partial charge in [-0.3, -0.25) is 9.59 Å². The summed E-state index contributed by atoms with van der Waals surface area (Å²) in [5.41, 5.74) is 3.84. The van der Waals surface area contributed by atoms with Crippen LogP contribution < -0.4 is 15.4 Å². The molecule has 118 valence electrons. The van der Waals surface area contributed by atoms with Crippen LogP contribution in [0.25, 0.3) is 0 Å². The molecule has 0 fully saturated rings. The van der Waals surface area contributed by atoms with Crippen molar-refractivity contribution in [3.8, 4) is 5.75 Å². The van der Waals surface area contributed by atoms with Crippen LogP contribution in [0.1, 0.15) is 28.4 Å². The topological polar surface area (TPSA) is 67.4 Å². The van der Waals surface area contributed by atoms with Gasteiger partial charge < -0.3 is 15.4 Å². The van der Waals surface area contributed by atoms with Gasteiger partial charge in [-0.2, -0.15) is 0 Å². The molecule has 3 rings (SSSR count). The largest absolute Gasteiger partial charge is 0.479 e. The maximum atomic E-state index is 12.4. The molecule has 1 aliphatic heterocycles.